The van der Waals surface area contributed by atoms with Gasteiger partial charge in [-0.25, -0.2) is 4.98 Å². The molecule has 112 valence electrons. The minimum atomic E-state index is -0.0910. The van der Waals surface area contributed by atoms with E-state index in [1.807, 2.05) is 25.1 Å². The number of aromatic nitrogens is 1. The van der Waals surface area contributed by atoms with E-state index in [9.17, 15) is 4.79 Å². The third-order valence-corrected chi connectivity index (χ3v) is 3.88. The van der Waals surface area contributed by atoms with E-state index in [2.05, 4.69) is 15.6 Å². The topological polar surface area (TPSA) is 67.2 Å². The van der Waals surface area contributed by atoms with Gasteiger partial charge in [0.05, 0.1) is 6.04 Å². The lowest BCUT2D eigenvalue weighted by Gasteiger charge is -2.15. The van der Waals surface area contributed by atoms with Crippen LogP contribution in [0.3, 0.4) is 0 Å². The molecule has 0 aliphatic carbocycles. The Hall–Kier alpha value is -1.88. The number of amides is 1. The molecule has 3 rings (SSSR count). The van der Waals surface area contributed by atoms with Gasteiger partial charge in [-0.2, -0.15) is 0 Å². The maximum atomic E-state index is 12.3. The maximum absolute atomic E-state index is 12.3. The number of nitrogens with zero attached hydrogens (tertiary/aromatic N) is 1. The van der Waals surface area contributed by atoms with Crippen LogP contribution in [0.5, 0.6) is 0 Å². The van der Waals surface area contributed by atoms with Gasteiger partial charge in [-0.3, -0.25) is 4.79 Å². The van der Waals surface area contributed by atoms with E-state index >= 15 is 0 Å². The number of carbonyl (C=O) groups is 1. The summed E-state index contributed by atoms with van der Waals surface area (Å²) in [5.41, 5.74) is 2.32. The molecule has 2 heterocycles. The fourth-order valence-corrected chi connectivity index (χ4v) is 2.69. The van der Waals surface area contributed by atoms with Gasteiger partial charge in [-0.1, -0.05) is 19.8 Å². The van der Waals surface area contributed by atoms with Crippen LogP contribution in [-0.2, 0) is 11.2 Å². The first kappa shape index (κ1) is 14.1. The zero-order chi connectivity index (χ0) is 14.7. The second-order valence-corrected chi connectivity index (χ2v) is 5.49. The van der Waals surface area contributed by atoms with Crippen LogP contribution in [0, 0.1) is 0 Å². The zero-order valence-electron chi connectivity index (χ0n) is 12.3. The van der Waals surface area contributed by atoms with Crippen molar-refractivity contribution < 1.29 is 9.21 Å². The van der Waals surface area contributed by atoms with E-state index in [1.54, 1.807) is 0 Å². The molecule has 1 atom stereocenters. The summed E-state index contributed by atoms with van der Waals surface area (Å²) in [6.07, 6.45) is 5.11. The van der Waals surface area contributed by atoms with Gasteiger partial charge in [0.25, 0.3) is 0 Å². The molecule has 0 bridgehead atoms. The van der Waals surface area contributed by atoms with E-state index in [0.29, 0.717) is 0 Å². The molecule has 2 N–H and O–H groups in total. The number of anilines is 1. The van der Waals surface area contributed by atoms with Crippen molar-refractivity contribution in [2.75, 3.05) is 11.9 Å². The Bertz CT molecular complexity index is 627. The third-order valence-electron chi connectivity index (χ3n) is 3.88. The fraction of sp³-hybridized carbons (Fsp3) is 0.500. The molecule has 0 radical (unpaired) electrons. The number of benzene rings is 1. The SMILES string of the molecule is CCc1nc2cc(NC(=O)C3CCCCCN3)ccc2o1. The van der Waals surface area contributed by atoms with E-state index in [4.69, 9.17) is 4.42 Å². The van der Waals surface area contributed by atoms with E-state index in [-0.39, 0.29) is 11.9 Å². The summed E-state index contributed by atoms with van der Waals surface area (Å²) in [6, 6.07) is 5.50. The second kappa shape index (κ2) is 6.26. The second-order valence-electron chi connectivity index (χ2n) is 5.49. The molecule has 0 spiro atoms. The lowest BCUT2D eigenvalue weighted by Crippen LogP contribution is -2.39. The number of nitrogens with one attached hydrogen (secondary N) is 2. The van der Waals surface area contributed by atoms with Crippen LogP contribution < -0.4 is 10.6 Å². The highest BCUT2D eigenvalue weighted by Crippen LogP contribution is 2.21. The van der Waals surface area contributed by atoms with Gasteiger partial charge in [-0.05, 0) is 37.6 Å². The van der Waals surface area contributed by atoms with Gasteiger partial charge >= 0.3 is 0 Å². The molecule has 0 saturated carbocycles. The predicted molar refractivity (Wildman–Crippen MR) is 82.3 cm³/mol. The van der Waals surface area contributed by atoms with E-state index in [1.165, 1.54) is 6.42 Å². The minimum absolute atomic E-state index is 0.0375. The molecular weight excluding hydrogens is 266 g/mol. The highest BCUT2D eigenvalue weighted by molar-refractivity contribution is 5.96. The number of hydrogen-bond acceptors (Lipinski definition) is 4. The number of carbonyl (C=O) groups excluding carboxylic acids is 1. The molecule has 1 aliphatic rings. The van der Waals surface area contributed by atoms with Crippen molar-refractivity contribution in [3.05, 3.63) is 24.1 Å². The highest BCUT2D eigenvalue weighted by atomic mass is 16.3. The molecule has 2 aromatic rings. The van der Waals surface area contributed by atoms with Gasteiger partial charge in [-0.15, -0.1) is 0 Å². The maximum Gasteiger partial charge on any atom is 0.241 e. The molecule has 21 heavy (non-hydrogen) atoms. The van der Waals surface area contributed by atoms with Gasteiger partial charge in [0.15, 0.2) is 11.5 Å². The molecular formula is C16H21N3O2. The molecule has 5 heteroatoms. The summed E-state index contributed by atoms with van der Waals surface area (Å²) >= 11 is 0. The lowest BCUT2D eigenvalue weighted by atomic mass is 10.1. The van der Waals surface area contributed by atoms with Crippen molar-refractivity contribution in [2.45, 2.75) is 45.1 Å². The van der Waals surface area contributed by atoms with Crippen molar-refractivity contribution in [1.29, 1.82) is 0 Å². The molecule has 5 nitrogen and oxygen atoms in total. The van der Waals surface area contributed by atoms with Crippen LogP contribution in [0.4, 0.5) is 5.69 Å². The summed E-state index contributed by atoms with van der Waals surface area (Å²) in [4.78, 5) is 16.7. The quantitative estimate of drug-likeness (QED) is 0.911. The molecule has 1 fully saturated rings. The zero-order valence-corrected chi connectivity index (χ0v) is 12.3. The first-order chi connectivity index (χ1) is 10.3. The Balaban J connectivity index is 1.72. The molecule has 1 aromatic heterocycles. The highest BCUT2D eigenvalue weighted by Gasteiger charge is 2.19. The number of rotatable bonds is 3. The summed E-state index contributed by atoms with van der Waals surface area (Å²) < 4.78 is 5.57. The molecule has 1 amide bonds. The van der Waals surface area contributed by atoms with Crippen molar-refractivity contribution in [3.8, 4) is 0 Å². The van der Waals surface area contributed by atoms with Gasteiger partial charge in [0, 0.05) is 12.1 Å². The van der Waals surface area contributed by atoms with Crippen LogP contribution in [-0.4, -0.2) is 23.5 Å². The summed E-state index contributed by atoms with van der Waals surface area (Å²) in [5, 5.41) is 6.28. The molecule has 1 saturated heterocycles. The van der Waals surface area contributed by atoms with Crippen molar-refractivity contribution in [3.63, 3.8) is 0 Å². The van der Waals surface area contributed by atoms with Crippen LogP contribution in [0.2, 0.25) is 0 Å². The average molecular weight is 287 g/mol. The van der Waals surface area contributed by atoms with Gasteiger partial charge in [0.1, 0.15) is 5.52 Å². The smallest absolute Gasteiger partial charge is 0.241 e. The van der Waals surface area contributed by atoms with Gasteiger partial charge in [0.2, 0.25) is 5.91 Å². The summed E-state index contributed by atoms with van der Waals surface area (Å²) in [6.45, 7) is 2.92. The number of hydrogen-bond donors (Lipinski definition) is 2. The van der Waals surface area contributed by atoms with Crippen LogP contribution in [0.1, 0.15) is 38.5 Å². The Morgan fingerprint density at radius 1 is 1.43 bits per heavy atom. The monoisotopic (exact) mass is 287 g/mol. The van der Waals surface area contributed by atoms with E-state index in [0.717, 1.165) is 54.9 Å². The first-order valence-corrected chi connectivity index (χ1v) is 7.70. The standard InChI is InChI=1S/C16H21N3O2/c1-2-15-19-13-10-11(7-8-14(13)21-15)18-16(20)12-6-4-3-5-9-17-12/h7-8,10,12,17H,2-6,9H2,1H3,(H,18,20). The molecule has 1 aliphatic heterocycles. The Morgan fingerprint density at radius 3 is 3.19 bits per heavy atom. The van der Waals surface area contributed by atoms with Crippen molar-refractivity contribution in [2.24, 2.45) is 0 Å². The number of fused-ring (bicyclic) bond motifs is 1. The van der Waals surface area contributed by atoms with Crippen molar-refractivity contribution in [1.82, 2.24) is 10.3 Å². The number of aryl methyl sites for hydroxylation is 1. The van der Waals surface area contributed by atoms with Gasteiger partial charge < -0.3 is 15.1 Å². The first-order valence-electron chi connectivity index (χ1n) is 7.70. The van der Waals surface area contributed by atoms with Crippen LogP contribution in [0.25, 0.3) is 11.1 Å². The fourth-order valence-electron chi connectivity index (χ4n) is 2.69. The third kappa shape index (κ3) is 3.24. The summed E-state index contributed by atoms with van der Waals surface area (Å²) in [5.74, 6) is 0.759. The van der Waals surface area contributed by atoms with Crippen LogP contribution in [0.15, 0.2) is 22.6 Å². The largest absolute Gasteiger partial charge is 0.441 e. The Kier molecular flexibility index (Phi) is 4.20. The number of oxazole rings is 1. The normalized spacial score (nSPS) is 19.4. The molecule has 1 unspecified atom stereocenters. The Labute approximate surface area is 124 Å². The van der Waals surface area contributed by atoms with E-state index < -0.39 is 0 Å². The van der Waals surface area contributed by atoms with Crippen LogP contribution >= 0.6 is 0 Å². The summed E-state index contributed by atoms with van der Waals surface area (Å²) in [7, 11) is 0. The Morgan fingerprint density at radius 2 is 2.33 bits per heavy atom. The lowest BCUT2D eigenvalue weighted by molar-refractivity contribution is -0.118. The molecule has 1 aromatic carbocycles. The predicted octanol–water partition coefficient (Wildman–Crippen LogP) is 2.86. The van der Waals surface area contributed by atoms with Crippen molar-refractivity contribution >= 4 is 22.7 Å². The average Bonchev–Trinajstić information content (AvgIpc) is 2.71. The minimum Gasteiger partial charge on any atom is -0.441 e.